The molecule has 0 spiro atoms. The van der Waals surface area contributed by atoms with Gasteiger partial charge in [0.15, 0.2) is 11.5 Å². The lowest BCUT2D eigenvalue weighted by Crippen LogP contribution is -2.32. The Labute approximate surface area is 120 Å². The number of nitrogens with two attached hydrogens (primary N) is 1. The van der Waals surface area contributed by atoms with E-state index < -0.39 is 0 Å². The molecule has 1 aromatic rings. The topological polar surface area (TPSA) is 44.5 Å². The van der Waals surface area contributed by atoms with E-state index in [1.165, 1.54) is 0 Å². The van der Waals surface area contributed by atoms with Crippen LogP contribution in [0.4, 0.5) is 4.39 Å². The van der Waals surface area contributed by atoms with Crippen LogP contribution in [0, 0.1) is 5.82 Å². The minimum Gasteiger partial charge on any atom is -0.490 e. The molecule has 2 aliphatic rings. The van der Waals surface area contributed by atoms with E-state index in [1.54, 1.807) is 6.07 Å². The van der Waals surface area contributed by atoms with Crippen molar-refractivity contribution in [1.29, 1.82) is 0 Å². The minimum atomic E-state index is -0.265. The average Bonchev–Trinajstić information content (AvgIpc) is 3.17. The van der Waals surface area contributed by atoms with Crippen LogP contribution in [0.1, 0.15) is 31.7 Å². The second kappa shape index (κ2) is 4.63. The number of fused-ring (bicyclic) bond motifs is 1. The molecule has 1 fully saturated rings. The summed E-state index contributed by atoms with van der Waals surface area (Å²) in [6.45, 7) is 3.07. The van der Waals surface area contributed by atoms with Crippen LogP contribution in [0.5, 0.6) is 11.5 Å². The minimum absolute atomic E-state index is 0.0707. The Hall–Kier alpha value is -0.810. The van der Waals surface area contributed by atoms with E-state index >= 15 is 0 Å². The Bertz CT molecular complexity index is 515. The van der Waals surface area contributed by atoms with Gasteiger partial charge < -0.3 is 15.2 Å². The van der Waals surface area contributed by atoms with Gasteiger partial charge in [0.25, 0.3) is 0 Å². The van der Waals surface area contributed by atoms with Gasteiger partial charge in [-0.15, -0.1) is 0 Å². The van der Waals surface area contributed by atoms with Gasteiger partial charge in [0.1, 0.15) is 5.82 Å². The molecule has 0 aromatic heterocycles. The SMILES string of the molecule is CC(N)C1(c2cc3c(c(Br)c2F)OCCCO3)CC1. The highest BCUT2D eigenvalue weighted by atomic mass is 79.9. The largest absolute Gasteiger partial charge is 0.490 e. The van der Waals surface area contributed by atoms with Crippen molar-refractivity contribution in [2.45, 2.75) is 37.6 Å². The molecular formula is C14H17BrFNO2. The van der Waals surface area contributed by atoms with Crippen LogP contribution in [-0.2, 0) is 5.41 Å². The van der Waals surface area contributed by atoms with Gasteiger partial charge >= 0.3 is 0 Å². The molecule has 2 N–H and O–H groups in total. The van der Waals surface area contributed by atoms with Gasteiger partial charge in [0.2, 0.25) is 0 Å². The van der Waals surface area contributed by atoms with Crippen molar-refractivity contribution in [1.82, 2.24) is 0 Å². The molecular weight excluding hydrogens is 313 g/mol. The van der Waals surface area contributed by atoms with Crippen molar-refractivity contribution in [3.63, 3.8) is 0 Å². The lowest BCUT2D eigenvalue weighted by molar-refractivity contribution is 0.296. The van der Waals surface area contributed by atoms with Crippen molar-refractivity contribution in [2.75, 3.05) is 13.2 Å². The van der Waals surface area contributed by atoms with E-state index in [0.717, 1.165) is 19.3 Å². The van der Waals surface area contributed by atoms with Gasteiger partial charge in [0.05, 0.1) is 17.7 Å². The van der Waals surface area contributed by atoms with E-state index in [-0.39, 0.29) is 17.3 Å². The maximum absolute atomic E-state index is 14.6. The molecule has 5 heteroatoms. The number of benzene rings is 1. The number of hydrogen-bond donors (Lipinski definition) is 1. The van der Waals surface area contributed by atoms with E-state index in [4.69, 9.17) is 15.2 Å². The Morgan fingerprint density at radius 1 is 1.37 bits per heavy atom. The first-order valence-corrected chi connectivity index (χ1v) is 7.39. The lowest BCUT2D eigenvalue weighted by Gasteiger charge is -2.23. The van der Waals surface area contributed by atoms with Crippen LogP contribution in [0.2, 0.25) is 0 Å². The van der Waals surface area contributed by atoms with Gasteiger partial charge in [-0.05, 0) is 41.8 Å². The van der Waals surface area contributed by atoms with E-state index in [2.05, 4.69) is 15.9 Å². The van der Waals surface area contributed by atoms with E-state index in [9.17, 15) is 4.39 Å². The normalized spacial score (nSPS) is 21.7. The molecule has 1 aliphatic carbocycles. The summed E-state index contributed by atoms with van der Waals surface area (Å²) in [7, 11) is 0. The smallest absolute Gasteiger partial charge is 0.178 e. The first-order valence-electron chi connectivity index (χ1n) is 6.60. The standard InChI is InChI=1S/C14H17BrFNO2/c1-8(17)14(3-4-14)9-7-10-13(11(15)12(9)16)19-6-2-5-18-10/h7-8H,2-6,17H2,1H3. The highest BCUT2D eigenvalue weighted by molar-refractivity contribution is 9.10. The zero-order valence-corrected chi connectivity index (χ0v) is 12.4. The van der Waals surface area contributed by atoms with Crippen molar-refractivity contribution < 1.29 is 13.9 Å². The Balaban J connectivity index is 2.12. The summed E-state index contributed by atoms with van der Waals surface area (Å²) < 4.78 is 26.2. The van der Waals surface area contributed by atoms with Crippen molar-refractivity contribution in [3.05, 3.63) is 21.9 Å². The molecule has 0 radical (unpaired) electrons. The highest BCUT2D eigenvalue weighted by Gasteiger charge is 2.50. The van der Waals surface area contributed by atoms with Crippen molar-refractivity contribution in [3.8, 4) is 11.5 Å². The number of hydrogen-bond acceptors (Lipinski definition) is 3. The monoisotopic (exact) mass is 329 g/mol. The molecule has 3 rings (SSSR count). The van der Waals surface area contributed by atoms with E-state index in [1.807, 2.05) is 6.92 Å². The van der Waals surface area contributed by atoms with Crippen molar-refractivity contribution >= 4 is 15.9 Å². The maximum atomic E-state index is 14.6. The van der Waals surface area contributed by atoms with E-state index in [0.29, 0.717) is 34.7 Å². The van der Waals surface area contributed by atoms with Crippen molar-refractivity contribution in [2.24, 2.45) is 5.73 Å². The first kappa shape index (κ1) is 13.2. The molecule has 0 saturated heterocycles. The fourth-order valence-corrected chi connectivity index (χ4v) is 3.23. The summed E-state index contributed by atoms with van der Waals surface area (Å²) >= 11 is 3.30. The number of rotatable bonds is 2. The van der Waals surface area contributed by atoms with Crippen LogP contribution in [0.15, 0.2) is 10.5 Å². The van der Waals surface area contributed by atoms with Gasteiger partial charge in [-0.1, -0.05) is 0 Å². The van der Waals surface area contributed by atoms with Crippen LogP contribution < -0.4 is 15.2 Å². The summed E-state index contributed by atoms with van der Waals surface area (Å²) in [4.78, 5) is 0. The fraction of sp³-hybridized carbons (Fsp3) is 0.571. The van der Waals surface area contributed by atoms with Crippen LogP contribution in [-0.4, -0.2) is 19.3 Å². The molecule has 0 amide bonds. The van der Waals surface area contributed by atoms with Crippen LogP contribution in [0.25, 0.3) is 0 Å². The molecule has 0 bridgehead atoms. The predicted molar refractivity (Wildman–Crippen MR) is 74.3 cm³/mol. The fourth-order valence-electron chi connectivity index (χ4n) is 2.71. The molecule has 1 aliphatic heterocycles. The van der Waals surface area contributed by atoms with Gasteiger partial charge in [-0.3, -0.25) is 0 Å². The van der Waals surface area contributed by atoms with Crippen LogP contribution >= 0.6 is 15.9 Å². The third-order valence-corrected chi connectivity index (χ3v) is 4.83. The third kappa shape index (κ3) is 2.03. The highest BCUT2D eigenvalue weighted by Crippen LogP contribution is 2.54. The number of ether oxygens (including phenoxy) is 2. The number of halogens is 2. The predicted octanol–water partition coefficient (Wildman–Crippen LogP) is 3.13. The van der Waals surface area contributed by atoms with Crippen LogP contribution in [0.3, 0.4) is 0 Å². The summed E-state index contributed by atoms with van der Waals surface area (Å²) in [5.74, 6) is 0.825. The molecule has 19 heavy (non-hydrogen) atoms. The first-order chi connectivity index (χ1) is 9.06. The van der Waals surface area contributed by atoms with Gasteiger partial charge in [-0.2, -0.15) is 0 Å². The summed E-state index contributed by atoms with van der Waals surface area (Å²) in [6, 6.07) is 1.70. The lowest BCUT2D eigenvalue weighted by atomic mass is 9.89. The second-order valence-electron chi connectivity index (χ2n) is 5.37. The average molecular weight is 330 g/mol. The quantitative estimate of drug-likeness (QED) is 0.906. The molecule has 1 unspecified atom stereocenters. The molecule has 1 atom stereocenters. The molecule has 104 valence electrons. The Morgan fingerprint density at radius 3 is 2.68 bits per heavy atom. The van der Waals surface area contributed by atoms with Gasteiger partial charge in [0, 0.05) is 23.4 Å². The zero-order valence-electron chi connectivity index (χ0n) is 10.8. The molecule has 1 saturated carbocycles. The zero-order chi connectivity index (χ0) is 13.6. The molecule has 3 nitrogen and oxygen atoms in total. The molecule has 1 aromatic carbocycles. The second-order valence-corrected chi connectivity index (χ2v) is 6.17. The third-order valence-electron chi connectivity index (χ3n) is 4.12. The Morgan fingerprint density at radius 2 is 2.05 bits per heavy atom. The van der Waals surface area contributed by atoms with Gasteiger partial charge in [-0.25, -0.2) is 4.39 Å². The Kier molecular flexibility index (Phi) is 3.21. The maximum Gasteiger partial charge on any atom is 0.178 e. The summed E-state index contributed by atoms with van der Waals surface area (Å²) in [5.41, 5.74) is 6.45. The summed E-state index contributed by atoms with van der Waals surface area (Å²) in [5, 5.41) is 0. The summed E-state index contributed by atoms with van der Waals surface area (Å²) in [6.07, 6.45) is 2.65. The molecule has 1 heterocycles.